The summed E-state index contributed by atoms with van der Waals surface area (Å²) in [5.74, 6) is 0.424. The van der Waals surface area contributed by atoms with Crippen LogP contribution in [0.2, 0.25) is 0 Å². The van der Waals surface area contributed by atoms with Crippen LogP contribution in [0.1, 0.15) is 68.6 Å². The highest BCUT2D eigenvalue weighted by Crippen LogP contribution is 2.41. The van der Waals surface area contributed by atoms with E-state index < -0.39 is 0 Å². The van der Waals surface area contributed by atoms with Crippen molar-refractivity contribution in [1.82, 2.24) is 0 Å². The van der Waals surface area contributed by atoms with Gasteiger partial charge in [-0.2, -0.15) is 5.26 Å². The molecular formula is C20H27NO3. The van der Waals surface area contributed by atoms with Crippen molar-refractivity contribution in [3.8, 4) is 11.8 Å². The van der Waals surface area contributed by atoms with Gasteiger partial charge in [0.05, 0.1) is 24.2 Å². The van der Waals surface area contributed by atoms with Gasteiger partial charge in [-0.15, -0.1) is 0 Å². The van der Waals surface area contributed by atoms with E-state index in [0.717, 1.165) is 44.3 Å². The van der Waals surface area contributed by atoms with Gasteiger partial charge in [-0.3, -0.25) is 0 Å². The van der Waals surface area contributed by atoms with Gasteiger partial charge in [-0.1, -0.05) is 26.2 Å². The van der Waals surface area contributed by atoms with E-state index in [0.29, 0.717) is 5.56 Å². The van der Waals surface area contributed by atoms with Crippen LogP contribution in [0.5, 0.6) is 5.75 Å². The average molecular weight is 329 g/mol. The minimum Gasteiger partial charge on any atom is -0.497 e. The average Bonchev–Trinajstić information content (AvgIpc) is 2.63. The maximum absolute atomic E-state index is 12.2. The lowest BCUT2D eigenvalue weighted by Crippen LogP contribution is -2.31. The molecule has 1 aliphatic carbocycles. The van der Waals surface area contributed by atoms with Crippen LogP contribution >= 0.6 is 0 Å². The van der Waals surface area contributed by atoms with Crippen molar-refractivity contribution in [3.05, 3.63) is 29.8 Å². The summed E-state index contributed by atoms with van der Waals surface area (Å²) in [6.07, 6.45) is 7.57. The van der Waals surface area contributed by atoms with E-state index in [1.807, 2.05) is 0 Å². The van der Waals surface area contributed by atoms with Crippen LogP contribution in [0.3, 0.4) is 0 Å². The zero-order valence-corrected chi connectivity index (χ0v) is 14.7. The van der Waals surface area contributed by atoms with Crippen molar-refractivity contribution in [2.45, 2.75) is 64.4 Å². The fourth-order valence-corrected chi connectivity index (χ4v) is 3.34. The topological polar surface area (TPSA) is 59.3 Å². The fraction of sp³-hybridized carbons (Fsp3) is 0.600. The molecule has 1 aliphatic rings. The number of unbranched alkanes of at least 4 members (excludes halogenated alkanes) is 2. The summed E-state index contributed by atoms with van der Waals surface area (Å²) in [6, 6.07) is 9.49. The molecule has 130 valence electrons. The lowest BCUT2D eigenvalue weighted by molar-refractivity contribution is 0.0105. The molecule has 0 aliphatic heterocycles. The first-order chi connectivity index (χ1) is 11.6. The van der Waals surface area contributed by atoms with E-state index in [1.54, 1.807) is 31.4 Å². The molecule has 1 aromatic rings. The van der Waals surface area contributed by atoms with Crippen LogP contribution in [0.15, 0.2) is 24.3 Å². The Morgan fingerprint density at radius 3 is 2.46 bits per heavy atom. The van der Waals surface area contributed by atoms with Crippen LogP contribution < -0.4 is 4.74 Å². The molecule has 0 heterocycles. The molecule has 4 heteroatoms. The zero-order chi connectivity index (χ0) is 17.4. The van der Waals surface area contributed by atoms with Gasteiger partial charge in [0.25, 0.3) is 0 Å². The minimum absolute atomic E-state index is 0.0766. The Morgan fingerprint density at radius 2 is 1.92 bits per heavy atom. The van der Waals surface area contributed by atoms with Crippen molar-refractivity contribution >= 4 is 5.97 Å². The smallest absolute Gasteiger partial charge is 0.338 e. The summed E-state index contributed by atoms with van der Waals surface area (Å²) in [6.45, 7) is 2.18. The maximum atomic E-state index is 12.2. The first-order valence-electron chi connectivity index (χ1n) is 8.89. The number of carbonyl (C=O) groups is 1. The summed E-state index contributed by atoms with van der Waals surface area (Å²) in [5.41, 5.74) is 0.328. The summed E-state index contributed by atoms with van der Waals surface area (Å²) in [4.78, 5) is 12.2. The van der Waals surface area contributed by atoms with E-state index in [-0.39, 0.29) is 17.5 Å². The van der Waals surface area contributed by atoms with Gasteiger partial charge >= 0.3 is 5.97 Å². The first kappa shape index (κ1) is 18.3. The fourth-order valence-electron chi connectivity index (χ4n) is 3.34. The second-order valence-electron chi connectivity index (χ2n) is 6.68. The molecule has 0 saturated heterocycles. The molecule has 4 nitrogen and oxygen atoms in total. The molecule has 0 aromatic heterocycles. The molecule has 0 N–H and O–H groups in total. The molecule has 1 saturated carbocycles. The number of nitrogens with zero attached hydrogens (tertiary/aromatic N) is 1. The third-order valence-electron chi connectivity index (χ3n) is 4.99. The van der Waals surface area contributed by atoms with Gasteiger partial charge < -0.3 is 9.47 Å². The van der Waals surface area contributed by atoms with Crippen molar-refractivity contribution < 1.29 is 14.3 Å². The summed E-state index contributed by atoms with van der Waals surface area (Å²) < 4.78 is 10.7. The van der Waals surface area contributed by atoms with Crippen molar-refractivity contribution in [2.24, 2.45) is 5.41 Å². The number of hydrogen-bond donors (Lipinski definition) is 0. The zero-order valence-electron chi connectivity index (χ0n) is 14.7. The third kappa shape index (κ3) is 4.74. The molecule has 1 fully saturated rings. The van der Waals surface area contributed by atoms with E-state index in [2.05, 4.69) is 13.0 Å². The Balaban J connectivity index is 1.85. The van der Waals surface area contributed by atoms with E-state index in [9.17, 15) is 10.1 Å². The number of hydrogen-bond acceptors (Lipinski definition) is 4. The number of esters is 1. The first-order valence-corrected chi connectivity index (χ1v) is 8.89. The van der Waals surface area contributed by atoms with Crippen molar-refractivity contribution in [3.63, 3.8) is 0 Å². The second kappa shape index (κ2) is 8.73. The van der Waals surface area contributed by atoms with Crippen molar-refractivity contribution in [2.75, 3.05) is 7.11 Å². The number of rotatable bonds is 7. The standard InChI is InChI=1S/C20H27NO3/c1-3-4-5-12-20(15-21)13-10-18(11-14-20)24-19(22)16-6-8-17(23-2)9-7-16/h6-9,18H,3-5,10-14H2,1-2H3. The number of benzene rings is 1. The quantitative estimate of drug-likeness (QED) is 0.528. The van der Waals surface area contributed by atoms with E-state index in [1.165, 1.54) is 12.8 Å². The van der Waals surface area contributed by atoms with Gasteiger partial charge in [0.15, 0.2) is 0 Å². The van der Waals surface area contributed by atoms with Crippen LogP contribution in [0.25, 0.3) is 0 Å². The summed E-state index contributed by atoms with van der Waals surface area (Å²) in [7, 11) is 1.59. The number of nitriles is 1. The monoisotopic (exact) mass is 329 g/mol. The normalized spacial score (nSPS) is 23.3. The Morgan fingerprint density at radius 1 is 1.25 bits per heavy atom. The third-order valence-corrected chi connectivity index (χ3v) is 4.99. The largest absolute Gasteiger partial charge is 0.497 e. The molecular weight excluding hydrogens is 302 g/mol. The number of carbonyl (C=O) groups excluding carboxylic acids is 1. The summed E-state index contributed by atoms with van der Waals surface area (Å²) >= 11 is 0. The van der Waals surface area contributed by atoms with Crippen LogP contribution in [0.4, 0.5) is 0 Å². The molecule has 2 rings (SSSR count). The Kier molecular flexibility index (Phi) is 6.66. The van der Waals surface area contributed by atoms with Gasteiger partial charge in [-0.25, -0.2) is 4.79 Å². The number of ether oxygens (including phenoxy) is 2. The highest BCUT2D eigenvalue weighted by molar-refractivity contribution is 5.89. The lowest BCUT2D eigenvalue weighted by atomic mass is 9.71. The highest BCUT2D eigenvalue weighted by atomic mass is 16.5. The molecule has 0 unspecified atom stereocenters. The molecule has 0 radical (unpaired) electrons. The second-order valence-corrected chi connectivity index (χ2v) is 6.68. The van der Waals surface area contributed by atoms with Gasteiger partial charge in [-0.05, 0) is 56.4 Å². The number of methoxy groups -OCH3 is 1. The van der Waals surface area contributed by atoms with Gasteiger partial charge in [0, 0.05) is 0 Å². The Labute approximate surface area is 144 Å². The predicted molar refractivity (Wildman–Crippen MR) is 92.9 cm³/mol. The predicted octanol–water partition coefficient (Wildman–Crippen LogP) is 4.88. The van der Waals surface area contributed by atoms with Gasteiger partial charge in [0.2, 0.25) is 0 Å². The summed E-state index contributed by atoms with van der Waals surface area (Å²) in [5, 5.41) is 9.57. The molecule has 0 amide bonds. The minimum atomic E-state index is -0.293. The molecule has 1 aromatic carbocycles. The van der Waals surface area contributed by atoms with Crippen LogP contribution in [-0.2, 0) is 4.74 Å². The Hall–Kier alpha value is -2.02. The SMILES string of the molecule is CCCCCC1(C#N)CCC(OC(=O)c2ccc(OC)cc2)CC1. The maximum Gasteiger partial charge on any atom is 0.338 e. The lowest BCUT2D eigenvalue weighted by Gasteiger charge is -2.34. The van der Waals surface area contributed by atoms with Gasteiger partial charge in [0.1, 0.15) is 11.9 Å². The van der Waals surface area contributed by atoms with E-state index >= 15 is 0 Å². The van der Waals surface area contributed by atoms with E-state index in [4.69, 9.17) is 9.47 Å². The van der Waals surface area contributed by atoms with Crippen LogP contribution in [-0.4, -0.2) is 19.2 Å². The van der Waals surface area contributed by atoms with Crippen molar-refractivity contribution in [1.29, 1.82) is 5.26 Å². The van der Waals surface area contributed by atoms with Crippen LogP contribution in [0, 0.1) is 16.7 Å². The molecule has 0 atom stereocenters. The molecule has 0 bridgehead atoms. The molecule has 0 spiro atoms. The highest BCUT2D eigenvalue weighted by Gasteiger charge is 2.36. The molecule has 24 heavy (non-hydrogen) atoms. The Bertz CT molecular complexity index is 566.